The molecule has 1 aliphatic rings. The Morgan fingerprint density at radius 2 is 2.20 bits per heavy atom. The fourth-order valence-corrected chi connectivity index (χ4v) is 2.83. The van der Waals surface area contributed by atoms with E-state index in [0.717, 1.165) is 19.3 Å². The predicted octanol–water partition coefficient (Wildman–Crippen LogP) is 3.04. The fourth-order valence-electron chi connectivity index (χ4n) is 2.83. The standard InChI is InChI=1S/C17H21FN4O3/c1-2-19-17(23)22-10-4-3-5-14(22)16-20-15(25-21-16)11-24-13-8-6-12(18)7-9-13/h6-9,14H,2-5,10-11H2,1H3,(H,19,23). The summed E-state index contributed by atoms with van der Waals surface area (Å²) in [4.78, 5) is 18.3. The monoisotopic (exact) mass is 348 g/mol. The number of carbonyl (C=O) groups excluding carboxylic acids is 1. The summed E-state index contributed by atoms with van der Waals surface area (Å²) in [7, 11) is 0. The molecule has 2 heterocycles. The van der Waals surface area contributed by atoms with E-state index < -0.39 is 0 Å². The van der Waals surface area contributed by atoms with Crippen LogP contribution in [0.15, 0.2) is 28.8 Å². The van der Waals surface area contributed by atoms with Gasteiger partial charge in [-0.05, 0) is 50.5 Å². The second-order valence-corrected chi connectivity index (χ2v) is 5.83. The van der Waals surface area contributed by atoms with Gasteiger partial charge in [0.15, 0.2) is 12.4 Å². The summed E-state index contributed by atoms with van der Waals surface area (Å²) in [6, 6.07) is 5.40. The van der Waals surface area contributed by atoms with Gasteiger partial charge in [-0.2, -0.15) is 4.98 Å². The van der Waals surface area contributed by atoms with Crippen LogP contribution in [-0.2, 0) is 6.61 Å². The van der Waals surface area contributed by atoms with E-state index in [0.29, 0.717) is 30.6 Å². The first-order valence-corrected chi connectivity index (χ1v) is 8.42. The number of ether oxygens (including phenoxy) is 1. The van der Waals surface area contributed by atoms with E-state index in [4.69, 9.17) is 9.26 Å². The number of piperidine rings is 1. The molecule has 0 bridgehead atoms. The highest BCUT2D eigenvalue weighted by molar-refractivity contribution is 5.74. The summed E-state index contributed by atoms with van der Waals surface area (Å²) in [5.41, 5.74) is 0. The van der Waals surface area contributed by atoms with Crippen LogP contribution in [0.4, 0.5) is 9.18 Å². The SMILES string of the molecule is CCNC(=O)N1CCCCC1c1noc(COc2ccc(F)cc2)n1. The van der Waals surface area contributed by atoms with E-state index in [1.165, 1.54) is 24.3 Å². The van der Waals surface area contributed by atoms with Gasteiger partial charge in [0.1, 0.15) is 11.6 Å². The third-order valence-electron chi connectivity index (χ3n) is 4.05. The van der Waals surface area contributed by atoms with Gasteiger partial charge < -0.3 is 19.5 Å². The molecule has 1 aromatic carbocycles. The Kier molecular flexibility index (Phi) is 5.47. The van der Waals surface area contributed by atoms with Crippen LogP contribution in [0.25, 0.3) is 0 Å². The molecular weight excluding hydrogens is 327 g/mol. The summed E-state index contributed by atoms with van der Waals surface area (Å²) in [6.07, 6.45) is 2.78. The lowest BCUT2D eigenvalue weighted by atomic mass is 10.0. The molecule has 7 nitrogen and oxygen atoms in total. The first-order valence-electron chi connectivity index (χ1n) is 8.42. The number of nitrogens with one attached hydrogen (secondary N) is 1. The zero-order valence-corrected chi connectivity index (χ0v) is 14.1. The van der Waals surface area contributed by atoms with E-state index in [1.807, 2.05) is 6.92 Å². The van der Waals surface area contributed by atoms with Crippen molar-refractivity contribution < 1.29 is 18.4 Å². The van der Waals surface area contributed by atoms with Crippen molar-refractivity contribution in [2.75, 3.05) is 13.1 Å². The number of nitrogens with zero attached hydrogens (tertiary/aromatic N) is 3. The molecule has 25 heavy (non-hydrogen) atoms. The number of hydrogen-bond donors (Lipinski definition) is 1. The highest BCUT2D eigenvalue weighted by Gasteiger charge is 2.31. The van der Waals surface area contributed by atoms with Crippen LogP contribution in [0.3, 0.4) is 0 Å². The third kappa shape index (κ3) is 4.26. The van der Waals surface area contributed by atoms with Gasteiger partial charge in [0.25, 0.3) is 5.89 Å². The van der Waals surface area contributed by atoms with Gasteiger partial charge in [-0.3, -0.25) is 0 Å². The van der Waals surface area contributed by atoms with Crippen LogP contribution in [-0.4, -0.2) is 34.2 Å². The van der Waals surface area contributed by atoms with Crippen molar-refractivity contribution in [3.05, 3.63) is 41.8 Å². The molecule has 1 atom stereocenters. The molecule has 2 amide bonds. The normalized spacial score (nSPS) is 17.4. The highest BCUT2D eigenvalue weighted by atomic mass is 19.1. The fraction of sp³-hybridized carbons (Fsp3) is 0.471. The number of benzene rings is 1. The molecule has 0 aliphatic carbocycles. The number of rotatable bonds is 5. The van der Waals surface area contributed by atoms with Gasteiger partial charge in [-0.15, -0.1) is 0 Å². The van der Waals surface area contributed by atoms with E-state index in [2.05, 4.69) is 15.5 Å². The van der Waals surface area contributed by atoms with Crippen LogP contribution >= 0.6 is 0 Å². The van der Waals surface area contributed by atoms with Crippen molar-refractivity contribution in [3.63, 3.8) is 0 Å². The molecule has 1 aromatic heterocycles. The lowest BCUT2D eigenvalue weighted by Gasteiger charge is -2.33. The Morgan fingerprint density at radius 1 is 1.40 bits per heavy atom. The predicted molar refractivity (Wildman–Crippen MR) is 87.4 cm³/mol. The van der Waals surface area contributed by atoms with E-state index in [1.54, 1.807) is 4.90 Å². The van der Waals surface area contributed by atoms with Gasteiger partial charge in [0, 0.05) is 13.1 Å². The molecule has 0 radical (unpaired) electrons. The largest absolute Gasteiger partial charge is 0.484 e. The first kappa shape index (κ1) is 17.2. The van der Waals surface area contributed by atoms with Gasteiger partial charge in [0.05, 0.1) is 6.04 Å². The Hall–Kier alpha value is -2.64. The molecule has 3 rings (SSSR count). The molecule has 1 aliphatic heterocycles. The Morgan fingerprint density at radius 3 is 2.96 bits per heavy atom. The topological polar surface area (TPSA) is 80.5 Å². The molecule has 134 valence electrons. The number of amides is 2. The van der Waals surface area contributed by atoms with Crippen molar-refractivity contribution in [2.45, 2.75) is 38.8 Å². The number of carbonyl (C=O) groups is 1. The van der Waals surface area contributed by atoms with E-state index in [9.17, 15) is 9.18 Å². The molecule has 0 spiro atoms. The van der Waals surface area contributed by atoms with Gasteiger partial charge in [-0.25, -0.2) is 9.18 Å². The zero-order chi connectivity index (χ0) is 17.6. The van der Waals surface area contributed by atoms with Crippen LogP contribution in [0.5, 0.6) is 5.75 Å². The summed E-state index contributed by atoms with van der Waals surface area (Å²) in [6.45, 7) is 3.22. The maximum atomic E-state index is 12.9. The second-order valence-electron chi connectivity index (χ2n) is 5.83. The summed E-state index contributed by atoms with van der Waals surface area (Å²) in [5, 5.41) is 6.83. The van der Waals surface area contributed by atoms with Crippen LogP contribution in [0, 0.1) is 5.82 Å². The average molecular weight is 348 g/mol. The van der Waals surface area contributed by atoms with Gasteiger partial charge in [0.2, 0.25) is 0 Å². The average Bonchev–Trinajstić information content (AvgIpc) is 3.10. The number of aromatic nitrogens is 2. The first-order chi connectivity index (χ1) is 12.2. The van der Waals surface area contributed by atoms with Crippen molar-refractivity contribution in [1.82, 2.24) is 20.4 Å². The molecule has 2 aromatic rings. The smallest absolute Gasteiger partial charge is 0.318 e. The molecule has 8 heteroatoms. The number of hydrogen-bond acceptors (Lipinski definition) is 5. The maximum absolute atomic E-state index is 12.9. The van der Waals surface area contributed by atoms with Gasteiger partial charge >= 0.3 is 6.03 Å². The number of likely N-dealkylation sites (tertiary alicyclic amines) is 1. The second kappa shape index (κ2) is 7.96. The summed E-state index contributed by atoms with van der Waals surface area (Å²) in [5.74, 6) is 1.00. The summed E-state index contributed by atoms with van der Waals surface area (Å²) < 4.78 is 23.6. The molecular formula is C17H21FN4O3. The quantitative estimate of drug-likeness (QED) is 0.898. The lowest BCUT2D eigenvalue weighted by molar-refractivity contribution is 0.146. The van der Waals surface area contributed by atoms with Crippen molar-refractivity contribution in [2.24, 2.45) is 0 Å². The van der Waals surface area contributed by atoms with Crippen molar-refractivity contribution >= 4 is 6.03 Å². The van der Waals surface area contributed by atoms with Crippen LogP contribution in [0.1, 0.15) is 43.9 Å². The zero-order valence-electron chi connectivity index (χ0n) is 14.1. The molecule has 1 unspecified atom stereocenters. The van der Waals surface area contributed by atoms with Crippen molar-refractivity contribution in [3.8, 4) is 5.75 Å². The molecule has 0 saturated carbocycles. The third-order valence-corrected chi connectivity index (χ3v) is 4.05. The van der Waals surface area contributed by atoms with Crippen molar-refractivity contribution in [1.29, 1.82) is 0 Å². The Balaban J connectivity index is 1.64. The molecule has 1 fully saturated rings. The molecule has 1 saturated heterocycles. The summed E-state index contributed by atoms with van der Waals surface area (Å²) >= 11 is 0. The minimum atomic E-state index is -0.324. The molecule has 1 N–H and O–H groups in total. The minimum Gasteiger partial charge on any atom is -0.484 e. The van der Waals surface area contributed by atoms with Gasteiger partial charge in [-0.1, -0.05) is 5.16 Å². The number of halogens is 1. The lowest BCUT2D eigenvalue weighted by Crippen LogP contribution is -2.44. The van der Waals surface area contributed by atoms with E-state index in [-0.39, 0.29) is 24.5 Å². The van der Waals surface area contributed by atoms with Crippen LogP contribution < -0.4 is 10.1 Å². The Bertz CT molecular complexity index is 704. The van der Waals surface area contributed by atoms with E-state index >= 15 is 0 Å². The minimum absolute atomic E-state index is 0.0898. The number of urea groups is 1. The Labute approximate surface area is 145 Å². The van der Waals surface area contributed by atoms with Crippen LogP contribution in [0.2, 0.25) is 0 Å². The maximum Gasteiger partial charge on any atom is 0.318 e. The highest BCUT2D eigenvalue weighted by Crippen LogP contribution is 2.29.